The highest BCUT2D eigenvalue weighted by molar-refractivity contribution is 5.87. The van der Waals surface area contributed by atoms with Crippen LogP contribution in [0.25, 0.3) is 10.8 Å². The van der Waals surface area contributed by atoms with E-state index in [0.717, 1.165) is 22.6 Å². The van der Waals surface area contributed by atoms with Crippen LogP contribution >= 0.6 is 0 Å². The van der Waals surface area contributed by atoms with Gasteiger partial charge in [0, 0.05) is 83.8 Å². The number of unbranched alkanes of at least 4 members (excludes halogenated alkanes) is 1. The first-order valence-corrected chi connectivity index (χ1v) is 25.2. The topological polar surface area (TPSA) is 365 Å². The van der Waals surface area contributed by atoms with Crippen molar-refractivity contribution in [3.05, 3.63) is 48.0 Å². The molecule has 0 aromatic heterocycles. The zero-order chi connectivity index (χ0) is 54.9. The van der Waals surface area contributed by atoms with Gasteiger partial charge in [0.25, 0.3) is 0 Å². The van der Waals surface area contributed by atoms with E-state index in [1.54, 1.807) is 14.7 Å². The third kappa shape index (κ3) is 22.7. The van der Waals surface area contributed by atoms with Crippen molar-refractivity contribution in [2.24, 2.45) is 11.3 Å². The Hall–Kier alpha value is -6.80. The van der Waals surface area contributed by atoms with Crippen molar-refractivity contribution in [3.8, 4) is 0 Å². The summed E-state index contributed by atoms with van der Waals surface area (Å²) in [5, 5.41) is 72.0. The number of carboxylic acid groups (broad SMARTS) is 6. The SMILES string of the molecule is O=CC1(CN[C@@H](Cc2ccc3ccccc3c2)C(=O)NCCCC[C@H](NC(=O)N[C@@H](CCC(=O)O)C(=O)O)C(=O)O)CCC(CNC(=O)CN2CCN(CC(=O)O)CCN(CC(=O)O)CCN(CC(=O)O)CC2)CC1. The highest BCUT2D eigenvalue weighted by Crippen LogP contribution is 2.37. The van der Waals surface area contributed by atoms with Crippen LogP contribution in [0.15, 0.2) is 42.5 Å². The normalized spacial score (nSPS) is 19.7. The summed E-state index contributed by atoms with van der Waals surface area (Å²) >= 11 is 0. The molecule has 0 radical (unpaired) electrons. The molecule has 2 aromatic carbocycles. The summed E-state index contributed by atoms with van der Waals surface area (Å²) in [4.78, 5) is 129. The zero-order valence-electron chi connectivity index (χ0n) is 42.2. The summed E-state index contributed by atoms with van der Waals surface area (Å²) in [5.74, 6) is -7.85. The number of rotatable bonds is 29. The van der Waals surface area contributed by atoms with Crippen LogP contribution in [-0.4, -0.2) is 226 Å². The number of carbonyl (C=O) groups excluding carboxylic acids is 4. The van der Waals surface area contributed by atoms with Crippen LogP contribution in [0.3, 0.4) is 0 Å². The lowest BCUT2D eigenvalue weighted by atomic mass is 9.71. The van der Waals surface area contributed by atoms with Crippen LogP contribution in [0.1, 0.15) is 63.4 Å². The lowest BCUT2D eigenvalue weighted by Crippen LogP contribution is -2.51. The molecule has 2 fully saturated rings. The number of aldehydes is 1. The minimum absolute atomic E-state index is 0.0311. The van der Waals surface area contributed by atoms with Gasteiger partial charge in [0.2, 0.25) is 11.8 Å². The van der Waals surface area contributed by atoms with E-state index in [1.807, 2.05) is 47.4 Å². The average Bonchev–Trinajstić information content (AvgIpc) is 3.35. The first-order chi connectivity index (χ1) is 35.7. The van der Waals surface area contributed by atoms with Crippen molar-refractivity contribution in [2.45, 2.75) is 82.3 Å². The number of hydrogen-bond donors (Lipinski definition) is 11. The molecule has 1 saturated heterocycles. The summed E-state index contributed by atoms with van der Waals surface area (Å²) in [6, 6.07) is 8.86. The molecule has 414 valence electrons. The molecule has 1 heterocycles. The van der Waals surface area contributed by atoms with Gasteiger partial charge in [0.1, 0.15) is 18.4 Å². The van der Waals surface area contributed by atoms with Gasteiger partial charge in [0.05, 0.1) is 32.2 Å². The number of nitrogens with zero attached hydrogens (tertiary/aromatic N) is 4. The summed E-state index contributed by atoms with van der Waals surface area (Å²) in [5.41, 5.74) is 0.0667. The van der Waals surface area contributed by atoms with Gasteiger partial charge in [-0.15, -0.1) is 0 Å². The van der Waals surface area contributed by atoms with Gasteiger partial charge in [-0.1, -0.05) is 42.5 Å². The van der Waals surface area contributed by atoms with Crippen molar-refractivity contribution in [2.75, 3.05) is 98.2 Å². The number of fused-ring (bicyclic) bond motifs is 1. The third-order valence-corrected chi connectivity index (χ3v) is 13.7. The number of benzene rings is 2. The van der Waals surface area contributed by atoms with Crippen LogP contribution in [-0.2, 0) is 49.6 Å². The van der Waals surface area contributed by atoms with E-state index in [0.29, 0.717) is 51.7 Å². The Morgan fingerprint density at radius 3 is 1.60 bits per heavy atom. The van der Waals surface area contributed by atoms with Crippen molar-refractivity contribution in [3.63, 3.8) is 0 Å². The molecular formula is C50H73N9O16. The van der Waals surface area contributed by atoms with E-state index < -0.39 is 78.2 Å². The predicted octanol–water partition coefficient (Wildman–Crippen LogP) is -0.336. The molecule has 1 saturated carbocycles. The summed E-state index contributed by atoms with van der Waals surface area (Å²) in [7, 11) is 0. The molecule has 2 aliphatic rings. The van der Waals surface area contributed by atoms with Crippen LogP contribution in [0.4, 0.5) is 4.79 Å². The molecule has 1 aliphatic carbocycles. The Bertz CT molecular complexity index is 2250. The van der Waals surface area contributed by atoms with E-state index in [1.165, 1.54) is 0 Å². The highest BCUT2D eigenvalue weighted by atomic mass is 16.4. The monoisotopic (exact) mass is 1060 g/mol. The Morgan fingerprint density at radius 1 is 0.600 bits per heavy atom. The Kier molecular flexibility index (Phi) is 25.2. The maximum absolute atomic E-state index is 13.9. The largest absolute Gasteiger partial charge is 0.481 e. The van der Waals surface area contributed by atoms with Gasteiger partial charge in [-0.25, -0.2) is 14.4 Å². The number of carboxylic acids is 6. The molecule has 75 heavy (non-hydrogen) atoms. The first kappa shape index (κ1) is 60.8. The predicted molar refractivity (Wildman–Crippen MR) is 270 cm³/mol. The van der Waals surface area contributed by atoms with Crippen molar-refractivity contribution in [1.82, 2.24) is 46.2 Å². The molecular weight excluding hydrogens is 983 g/mol. The molecule has 4 amide bonds. The fraction of sp³-hybridized carbons (Fsp3) is 0.600. The molecule has 0 bridgehead atoms. The van der Waals surface area contributed by atoms with Crippen LogP contribution in [0.2, 0.25) is 0 Å². The average molecular weight is 1060 g/mol. The number of amides is 4. The third-order valence-electron chi connectivity index (χ3n) is 13.7. The quantitative estimate of drug-likeness (QED) is 0.0367. The van der Waals surface area contributed by atoms with Gasteiger partial charge in [-0.3, -0.25) is 48.4 Å². The minimum atomic E-state index is -1.55. The van der Waals surface area contributed by atoms with Crippen molar-refractivity contribution >= 4 is 70.7 Å². The van der Waals surface area contributed by atoms with E-state index in [9.17, 15) is 73.5 Å². The summed E-state index contributed by atoms with van der Waals surface area (Å²) in [6.45, 7) is 1.94. The second-order valence-electron chi connectivity index (χ2n) is 19.5. The van der Waals surface area contributed by atoms with E-state index in [-0.39, 0.29) is 116 Å². The Labute approximate surface area is 434 Å². The number of carbonyl (C=O) groups is 10. The number of hydrogen-bond acceptors (Lipinski definition) is 15. The van der Waals surface area contributed by atoms with Crippen molar-refractivity contribution < 1.29 is 78.6 Å². The van der Waals surface area contributed by atoms with Crippen LogP contribution < -0.4 is 26.6 Å². The van der Waals surface area contributed by atoms with Gasteiger partial charge < -0.3 is 62.0 Å². The second-order valence-corrected chi connectivity index (χ2v) is 19.5. The molecule has 2 aromatic rings. The lowest BCUT2D eigenvalue weighted by molar-refractivity contribution is -0.141. The molecule has 0 spiro atoms. The summed E-state index contributed by atoms with van der Waals surface area (Å²) in [6.07, 6.45) is 2.96. The standard InChI is InChI=1S/C50H73N9O16/c60-33-50(14-12-34(13-15-50)27-52-41(61)28-56-17-19-57(29-43(64)65)21-23-59(31-45(68)69)24-22-58(20-18-56)30-44(66)67)32-53-40(26-35-8-9-36-5-1-2-6-37(36)25-35)46(70)51-16-4-3-7-38(47(71)72)54-49(75)55-39(48(73)74)10-11-42(62)63/h1-2,5-6,8-9,25,33-34,38-40,53H,3-4,7,10-24,26-32H2,(H,51,70)(H,52,61)(H,62,63)(H,64,65)(H,66,67)(H,68,69)(H,71,72)(H,73,74)(H2,54,55,75)/t34?,38-,39-,40-,50?/m0/s1. The number of nitrogens with one attached hydrogen (secondary N) is 5. The molecule has 4 rings (SSSR count). The second kappa shape index (κ2) is 31.2. The zero-order valence-corrected chi connectivity index (χ0v) is 42.2. The first-order valence-electron chi connectivity index (χ1n) is 25.2. The molecule has 25 heteroatoms. The van der Waals surface area contributed by atoms with Gasteiger partial charge in [0.15, 0.2) is 0 Å². The van der Waals surface area contributed by atoms with Crippen LogP contribution in [0.5, 0.6) is 0 Å². The van der Waals surface area contributed by atoms with Gasteiger partial charge in [-0.05, 0) is 80.0 Å². The fourth-order valence-electron chi connectivity index (χ4n) is 9.23. The maximum atomic E-state index is 13.9. The molecule has 3 atom stereocenters. The number of aliphatic carboxylic acids is 6. The lowest BCUT2D eigenvalue weighted by Gasteiger charge is -2.37. The molecule has 11 N–H and O–H groups in total. The summed E-state index contributed by atoms with van der Waals surface area (Å²) < 4.78 is 0. The smallest absolute Gasteiger partial charge is 0.326 e. The molecule has 1 aliphatic heterocycles. The van der Waals surface area contributed by atoms with Gasteiger partial charge >= 0.3 is 41.8 Å². The van der Waals surface area contributed by atoms with Crippen molar-refractivity contribution in [1.29, 1.82) is 0 Å². The fourth-order valence-corrected chi connectivity index (χ4v) is 9.23. The maximum Gasteiger partial charge on any atom is 0.326 e. The Balaban J connectivity index is 1.32. The minimum Gasteiger partial charge on any atom is -0.481 e. The van der Waals surface area contributed by atoms with Crippen LogP contribution in [0, 0.1) is 11.3 Å². The van der Waals surface area contributed by atoms with E-state index >= 15 is 0 Å². The van der Waals surface area contributed by atoms with E-state index in [2.05, 4.69) is 26.6 Å². The van der Waals surface area contributed by atoms with E-state index in [4.69, 9.17) is 5.11 Å². The van der Waals surface area contributed by atoms with Gasteiger partial charge in [-0.2, -0.15) is 0 Å². The Morgan fingerprint density at radius 2 is 1.11 bits per heavy atom. The highest BCUT2D eigenvalue weighted by Gasteiger charge is 2.37. The number of urea groups is 1. The molecule has 0 unspecified atom stereocenters. The molecule has 25 nitrogen and oxygen atoms in total.